The monoisotopic (exact) mass is 216 g/mol. The maximum absolute atomic E-state index is 4.38. The highest BCUT2D eigenvalue weighted by Crippen LogP contribution is 2.33. The summed E-state index contributed by atoms with van der Waals surface area (Å²) in [4.78, 5) is 7.89. The van der Waals surface area contributed by atoms with Gasteiger partial charge in [-0.1, -0.05) is 27.2 Å². The van der Waals surface area contributed by atoms with Gasteiger partial charge in [-0.2, -0.15) is 0 Å². The van der Waals surface area contributed by atoms with Crippen LogP contribution >= 0.6 is 0 Å². The predicted molar refractivity (Wildman–Crippen MR) is 68.6 cm³/mol. The van der Waals surface area contributed by atoms with E-state index in [1.54, 1.807) is 0 Å². The zero-order valence-electron chi connectivity index (χ0n) is 10.4. The predicted octanol–water partition coefficient (Wildman–Crippen LogP) is 4.03. The first-order valence-corrected chi connectivity index (χ1v) is 6.14. The van der Waals surface area contributed by atoms with E-state index in [-0.39, 0.29) is 5.41 Å². The van der Waals surface area contributed by atoms with Crippen molar-refractivity contribution in [2.45, 2.75) is 45.4 Å². The van der Waals surface area contributed by atoms with Crippen LogP contribution in [0, 0.1) is 0 Å². The molecule has 0 saturated carbocycles. The Morgan fingerprint density at radius 2 is 2.19 bits per heavy atom. The lowest BCUT2D eigenvalue weighted by Crippen LogP contribution is -2.20. The van der Waals surface area contributed by atoms with Crippen molar-refractivity contribution < 1.29 is 0 Å². The molecule has 86 valence electrons. The minimum Gasteiger partial charge on any atom is -0.357 e. The zero-order valence-corrected chi connectivity index (χ0v) is 10.4. The molecule has 0 aliphatic carbocycles. The van der Waals surface area contributed by atoms with Gasteiger partial charge in [0.2, 0.25) is 0 Å². The third-order valence-electron chi connectivity index (χ3n) is 3.62. The number of nitrogens with zero attached hydrogens (tertiary/aromatic N) is 1. The molecule has 1 N–H and O–H groups in total. The van der Waals surface area contributed by atoms with Gasteiger partial charge in [-0.05, 0) is 31.0 Å². The lowest BCUT2D eigenvalue weighted by molar-refractivity contribution is 0.405. The van der Waals surface area contributed by atoms with Gasteiger partial charge in [0.1, 0.15) is 0 Å². The Labute approximate surface area is 97.1 Å². The van der Waals surface area contributed by atoms with Gasteiger partial charge < -0.3 is 4.98 Å². The van der Waals surface area contributed by atoms with E-state index < -0.39 is 0 Å². The third kappa shape index (κ3) is 1.84. The molecular weight excluding hydrogens is 196 g/mol. The summed E-state index contributed by atoms with van der Waals surface area (Å²) in [5.74, 6) is 0. The molecule has 0 radical (unpaired) electrons. The van der Waals surface area contributed by atoms with Crippen molar-refractivity contribution in [3.63, 3.8) is 0 Å². The van der Waals surface area contributed by atoms with E-state index in [2.05, 4.69) is 42.9 Å². The van der Waals surface area contributed by atoms with Gasteiger partial charge >= 0.3 is 0 Å². The maximum atomic E-state index is 4.38. The van der Waals surface area contributed by atoms with E-state index in [9.17, 15) is 0 Å². The van der Waals surface area contributed by atoms with Gasteiger partial charge in [0, 0.05) is 17.3 Å². The fourth-order valence-electron chi connectivity index (χ4n) is 2.33. The van der Waals surface area contributed by atoms with Gasteiger partial charge in [0.05, 0.1) is 11.0 Å². The van der Waals surface area contributed by atoms with E-state index in [4.69, 9.17) is 0 Å². The number of hydrogen-bond acceptors (Lipinski definition) is 1. The summed E-state index contributed by atoms with van der Waals surface area (Å²) in [5, 5.41) is 0. The molecule has 0 aliphatic heterocycles. The van der Waals surface area contributed by atoms with Crippen LogP contribution in [-0.4, -0.2) is 9.97 Å². The smallest absolute Gasteiger partial charge is 0.0881 e. The second-order valence-corrected chi connectivity index (χ2v) is 4.78. The fraction of sp³-hybridized carbons (Fsp3) is 0.500. The number of aromatic amines is 1. The topological polar surface area (TPSA) is 28.7 Å². The van der Waals surface area contributed by atoms with Crippen molar-refractivity contribution in [3.8, 4) is 0 Å². The highest BCUT2D eigenvalue weighted by molar-refractivity contribution is 5.76. The molecule has 16 heavy (non-hydrogen) atoms. The van der Waals surface area contributed by atoms with E-state index in [0.717, 1.165) is 17.5 Å². The van der Waals surface area contributed by atoms with E-state index in [1.807, 2.05) is 12.3 Å². The lowest BCUT2D eigenvalue weighted by Gasteiger charge is -2.26. The Balaban J connectivity index is 2.45. The number of fused-ring (bicyclic) bond motifs is 1. The van der Waals surface area contributed by atoms with Crippen LogP contribution in [0.5, 0.6) is 0 Å². The zero-order chi connectivity index (χ0) is 11.6. The van der Waals surface area contributed by atoms with Crippen LogP contribution < -0.4 is 0 Å². The molecule has 0 aliphatic rings. The van der Waals surface area contributed by atoms with Crippen LogP contribution in [0.1, 0.15) is 45.7 Å². The van der Waals surface area contributed by atoms with Crippen molar-refractivity contribution >= 4 is 11.0 Å². The largest absolute Gasteiger partial charge is 0.357 e. The van der Waals surface area contributed by atoms with E-state index in [0.29, 0.717) is 0 Å². The summed E-state index contributed by atoms with van der Waals surface area (Å²) >= 11 is 0. The Kier molecular flexibility index (Phi) is 2.99. The number of rotatable bonds is 4. The second kappa shape index (κ2) is 4.28. The molecule has 2 aromatic heterocycles. The highest BCUT2D eigenvalue weighted by Gasteiger charge is 2.25. The number of H-pyrrole nitrogens is 1. The molecule has 1 atom stereocenters. The summed E-state index contributed by atoms with van der Waals surface area (Å²) in [6.07, 6.45) is 5.44. The van der Waals surface area contributed by atoms with E-state index >= 15 is 0 Å². The minimum absolute atomic E-state index is 0.259. The highest BCUT2D eigenvalue weighted by atomic mass is 14.8. The van der Waals surface area contributed by atoms with Crippen molar-refractivity contribution in [2.24, 2.45) is 0 Å². The standard InChI is InChI=1S/C14H20N2/c1-4-8-14(3,5-2)13-10-12-11(16-13)7-6-9-15-12/h6-7,9-10,16H,4-5,8H2,1-3H3. The number of aromatic nitrogens is 2. The number of hydrogen-bond donors (Lipinski definition) is 1. The van der Waals surface area contributed by atoms with Crippen molar-refractivity contribution in [1.82, 2.24) is 9.97 Å². The van der Waals surface area contributed by atoms with Gasteiger partial charge in [-0.25, -0.2) is 0 Å². The van der Waals surface area contributed by atoms with E-state index in [1.165, 1.54) is 18.5 Å². The lowest BCUT2D eigenvalue weighted by atomic mass is 9.80. The second-order valence-electron chi connectivity index (χ2n) is 4.78. The Morgan fingerprint density at radius 1 is 1.38 bits per heavy atom. The molecule has 0 spiro atoms. The fourth-order valence-corrected chi connectivity index (χ4v) is 2.33. The van der Waals surface area contributed by atoms with Crippen LogP contribution in [-0.2, 0) is 5.41 Å². The molecule has 0 aromatic carbocycles. The van der Waals surface area contributed by atoms with Crippen LogP contribution in [0.3, 0.4) is 0 Å². The first-order chi connectivity index (χ1) is 7.69. The summed E-state index contributed by atoms with van der Waals surface area (Å²) < 4.78 is 0. The summed E-state index contributed by atoms with van der Waals surface area (Å²) in [7, 11) is 0. The molecular formula is C14H20N2. The van der Waals surface area contributed by atoms with Gasteiger partial charge in [-0.15, -0.1) is 0 Å². The molecule has 2 nitrogen and oxygen atoms in total. The normalized spacial score (nSPS) is 15.2. The summed E-state index contributed by atoms with van der Waals surface area (Å²) in [6, 6.07) is 6.27. The first kappa shape index (κ1) is 11.2. The summed E-state index contributed by atoms with van der Waals surface area (Å²) in [5.41, 5.74) is 3.81. The summed E-state index contributed by atoms with van der Waals surface area (Å²) in [6.45, 7) is 6.84. The van der Waals surface area contributed by atoms with Crippen molar-refractivity contribution in [3.05, 3.63) is 30.1 Å². The van der Waals surface area contributed by atoms with Crippen LogP contribution in [0.2, 0.25) is 0 Å². The quantitative estimate of drug-likeness (QED) is 0.821. The molecule has 0 saturated heterocycles. The molecule has 0 fully saturated rings. The molecule has 2 heterocycles. The van der Waals surface area contributed by atoms with Crippen LogP contribution in [0.25, 0.3) is 11.0 Å². The average Bonchev–Trinajstić information content (AvgIpc) is 2.73. The van der Waals surface area contributed by atoms with Crippen LogP contribution in [0.4, 0.5) is 0 Å². The molecule has 2 aromatic rings. The van der Waals surface area contributed by atoms with Crippen molar-refractivity contribution in [2.75, 3.05) is 0 Å². The SMILES string of the molecule is CCCC(C)(CC)c1cc2ncccc2[nH]1. The van der Waals surface area contributed by atoms with Gasteiger partial charge in [0.25, 0.3) is 0 Å². The first-order valence-electron chi connectivity index (χ1n) is 6.14. The number of nitrogens with one attached hydrogen (secondary N) is 1. The molecule has 2 rings (SSSR count). The number of pyridine rings is 1. The van der Waals surface area contributed by atoms with Crippen molar-refractivity contribution in [1.29, 1.82) is 0 Å². The molecule has 1 unspecified atom stereocenters. The molecule has 0 amide bonds. The molecule has 2 heteroatoms. The molecule has 0 bridgehead atoms. The Hall–Kier alpha value is -1.31. The maximum Gasteiger partial charge on any atom is 0.0881 e. The Bertz CT molecular complexity index is 439. The third-order valence-corrected chi connectivity index (χ3v) is 3.62. The van der Waals surface area contributed by atoms with Gasteiger partial charge in [-0.3, -0.25) is 4.98 Å². The minimum atomic E-state index is 0.259. The Morgan fingerprint density at radius 3 is 2.81 bits per heavy atom. The van der Waals surface area contributed by atoms with Crippen LogP contribution in [0.15, 0.2) is 24.4 Å². The van der Waals surface area contributed by atoms with Gasteiger partial charge in [0.15, 0.2) is 0 Å². The average molecular weight is 216 g/mol.